The second-order valence-corrected chi connectivity index (χ2v) is 8.73. The van der Waals surface area contributed by atoms with Crippen molar-refractivity contribution in [2.75, 3.05) is 5.88 Å². The molecule has 1 aromatic rings. The Morgan fingerprint density at radius 1 is 1.30 bits per heavy atom. The average Bonchev–Trinajstić information content (AvgIpc) is 2.33. The maximum absolute atomic E-state index is 12.6. The van der Waals surface area contributed by atoms with Gasteiger partial charge < -0.3 is 0 Å². The van der Waals surface area contributed by atoms with Crippen LogP contribution in [0.1, 0.15) is 32.3 Å². The van der Waals surface area contributed by atoms with Gasteiger partial charge in [-0.2, -0.15) is 0 Å². The van der Waals surface area contributed by atoms with Crippen molar-refractivity contribution in [2.24, 2.45) is 0 Å². The van der Waals surface area contributed by atoms with Crippen LogP contribution in [0.3, 0.4) is 0 Å². The van der Waals surface area contributed by atoms with E-state index < -0.39 is 15.6 Å². The average molecular weight is 448 g/mol. The third-order valence-electron chi connectivity index (χ3n) is 3.31. The summed E-state index contributed by atoms with van der Waals surface area (Å²) in [6, 6.07) is 3.39. The lowest BCUT2D eigenvalue weighted by molar-refractivity contribution is 0.390. The molecule has 0 amide bonds. The minimum Gasteiger partial charge on any atom is -0.207 e. The van der Waals surface area contributed by atoms with Crippen LogP contribution in [0, 0.1) is 6.92 Å². The Hall–Kier alpha value is 0.380. The molecular formula is C13H18Br2ClNO2S. The maximum atomic E-state index is 12.6. The number of hydrogen-bond donors (Lipinski definition) is 1. The largest absolute Gasteiger partial charge is 0.242 e. The maximum Gasteiger partial charge on any atom is 0.242 e. The fraction of sp³-hybridized carbons (Fsp3) is 0.538. The molecule has 1 N–H and O–H groups in total. The molecule has 0 aromatic heterocycles. The predicted molar refractivity (Wildman–Crippen MR) is 90.9 cm³/mol. The topological polar surface area (TPSA) is 46.2 Å². The second kappa shape index (κ2) is 7.09. The number of benzene rings is 1. The van der Waals surface area contributed by atoms with E-state index in [1.165, 1.54) is 0 Å². The standard InChI is InChI=1S/C13H18Br2ClNO2S/c1-4-13(3,5-6-16)17-20(18,19)12-8-10(14)9(2)7-11(12)15/h7-8,17H,4-6H2,1-3H3. The number of halogens is 3. The summed E-state index contributed by atoms with van der Waals surface area (Å²) < 4.78 is 29.2. The molecular weight excluding hydrogens is 429 g/mol. The first-order valence-electron chi connectivity index (χ1n) is 6.21. The fourth-order valence-electron chi connectivity index (χ4n) is 1.72. The molecule has 0 saturated heterocycles. The third kappa shape index (κ3) is 4.44. The van der Waals surface area contributed by atoms with Crippen molar-refractivity contribution in [1.82, 2.24) is 4.72 Å². The SMILES string of the molecule is CCC(C)(CCCl)NS(=O)(=O)c1cc(Br)c(C)cc1Br. The Labute approximate surface area is 142 Å². The first-order chi connectivity index (χ1) is 9.15. The molecule has 1 atom stereocenters. The Balaban J connectivity index is 3.21. The molecule has 0 spiro atoms. The van der Waals surface area contributed by atoms with Crippen molar-refractivity contribution in [3.8, 4) is 0 Å². The molecule has 0 aliphatic heterocycles. The van der Waals surface area contributed by atoms with E-state index in [0.717, 1.165) is 10.0 Å². The zero-order valence-electron chi connectivity index (χ0n) is 11.6. The van der Waals surface area contributed by atoms with E-state index in [4.69, 9.17) is 11.6 Å². The first-order valence-corrected chi connectivity index (χ1v) is 9.81. The van der Waals surface area contributed by atoms with Gasteiger partial charge in [0.1, 0.15) is 0 Å². The van der Waals surface area contributed by atoms with Gasteiger partial charge in [0.2, 0.25) is 10.0 Å². The van der Waals surface area contributed by atoms with Gasteiger partial charge in [-0.25, -0.2) is 13.1 Å². The number of rotatable bonds is 6. The van der Waals surface area contributed by atoms with Crippen molar-refractivity contribution in [1.29, 1.82) is 0 Å². The smallest absolute Gasteiger partial charge is 0.207 e. The molecule has 0 fully saturated rings. The van der Waals surface area contributed by atoms with Gasteiger partial charge in [0, 0.05) is 20.4 Å². The third-order valence-corrected chi connectivity index (χ3v) is 6.95. The summed E-state index contributed by atoms with van der Waals surface area (Å²) in [5, 5.41) is 0. The molecule has 7 heteroatoms. The molecule has 0 saturated carbocycles. The van der Waals surface area contributed by atoms with E-state index in [0.29, 0.717) is 23.2 Å². The fourth-order valence-corrected chi connectivity index (χ4v) is 5.32. The molecule has 114 valence electrons. The summed E-state index contributed by atoms with van der Waals surface area (Å²) >= 11 is 12.5. The Morgan fingerprint density at radius 3 is 2.40 bits per heavy atom. The van der Waals surface area contributed by atoms with Crippen molar-refractivity contribution < 1.29 is 8.42 Å². The molecule has 1 aromatic carbocycles. The van der Waals surface area contributed by atoms with Crippen LogP contribution in [-0.2, 0) is 10.0 Å². The number of hydrogen-bond acceptors (Lipinski definition) is 2. The molecule has 3 nitrogen and oxygen atoms in total. The number of sulfonamides is 1. The molecule has 1 unspecified atom stereocenters. The molecule has 20 heavy (non-hydrogen) atoms. The Bertz CT molecular complexity index is 592. The van der Waals surface area contributed by atoms with Crippen LogP contribution >= 0.6 is 43.5 Å². The van der Waals surface area contributed by atoms with Crippen molar-refractivity contribution in [3.63, 3.8) is 0 Å². The molecule has 0 aliphatic rings. The summed E-state index contributed by atoms with van der Waals surface area (Å²) in [5.74, 6) is 0.408. The van der Waals surface area contributed by atoms with Crippen LogP contribution in [0.4, 0.5) is 0 Å². The molecule has 0 bridgehead atoms. The number of nitrogens with one attached hydrogen (secondary N) is 1. The van der Waals surface area contributed by atoms with Crippen molar-refractivity contribution in [3.05, 3.63) is 26.6 Å². The van der Waals surface area contributed by atoms with E-state index >= 15 is 0 Å². The van der Waals surface area contributed by atoms with Crippen molar-refractivity contribution in [2.45, 2.75) is 44.0 Å². The van der Waals surface area contributed by atoms with Gasteiger partial charge in [-0.15, -0.1) is 11.6 Å². The van der Waals surface area contributed by atoms with Crippen LogP contribution in [0.5, 0.6) is 0 Å². The van der Waals surface area contributed by atoms with Crippen molar-refractivity contribution >= 4 is 53.5 Å². The van der Waals surface area contributed by atoms with Gasteiger partial charge >= 0.3 is 0 Å². The predicted octanol–water partition coefficient (Wildman–Crippen LogP) is 4.60. The highest BCUT2D eigenvalue weighted by molar-refractivity contribution is 9.11. The normalized spacial score (nSPS) is 15.1. The summed E-state index contributed by atoms with van der Waals surface area (Å²) in [4.78, 5) is 0.226. The highest BCUT2D eigenvalue weighted by Crippen LogP contribution is 2.30. The van der Waals surface area contributed by atoms with E-state index in [1.807, 2.05) is 20.8 Å². The van der Waals surface area contributed by atoms with Crippen LogP contribution in [0.25, 0.3) is 0 Å². The lowest BCUT2D eigenvalue weighted by Gasteiger charge is -2.28. The van der Waals surface area contributed by atoms with E-state index in [2.05, 4.69) is 36.6 Å². The summed E-state index contributed by atoms with van der Waals surface area (Å²) in [5.41, 5.74) is 0.423. The van der Waals surface area contributed by atoms with Gasteiger partial charge in [-0.3, -0.25) is 0 Å². The molecule has 1 rings (SSSR count). The quantitative estimate of drug-likeness (QED) is 0.648. The van der Waals surface area contributed by atoms with Crippen LogP contribution in [0.15, 0.2) is 26.0 Å². The Kier molecular flexibility index (Phi) is 6.54. The van der Waals surface area contributed by atoms with Gasteiger partial charge in [0.05, 0.1) is 4.90 Å². The zero-order valence-corrected chi connectivity index (χ0v) is 16.4. The monoisotopic (exact) mass is 445 g/mol. The highest BCUT2D eigenvalue weighted by Gasteiger charge is 2.30. The second-order valence-electron chi connectivity index (χ2n) is 4.99. The lowest BCUT2D eigenvalue weighted by atomic mass is 9.97. The lowest BCUT2D eigenvalue weighted by Crippen LogP contribution is -2.45. The Morgan fingerprint density at radius 2 is 1.90 bits per heavy atom. The molecule has 0 radical (unpaired) electrons. The van der Waals surface area contributed by atoms with E-state index in [-0.39, 0.29) is 4.90 Å². The minimum atomic E-state index is -3.61. The summed E-state index contributed by atoms with van der Waals surface area (Å²) in [7, 11) is -3.61. The highest BCUT2D eigenvalue weighted by atomic mass is 79.9. The van der Waals surface area contributed by atoms with Crippen LogP contribution < -0.4 is 4.72 Å². The molecule has 0 heterocycles. The molecule has 0 aliphatic carbocycles. The van der Waals surface area contributed by atoms with E-state index in [9.17, 15) is 8.42 Å². The van der Waals surface area contributed by atoms with Gasteiger partial charge in [-0.05, 0) is 60.3 Å². The first kappa shape index (κ1) is 18.4. The van der Waals surface area contributed by atoms with Crippen LogP contribution in [0.2, 0.25) is 0 Å². The van der Waals surface area contributed by atoms with Gasteiger partial charge in [0.25, 0.3) is 0 Å². The minimum absolute atomic E-state index is 0.226. The van der Waals surface area contributed by atoms with Gasteiger partial charge in [0.15, 0.2) is 0 Å². The van der Waals surface area contributed by atoms with Crippen LogP contribution in [-0.4, -0.2) is 19.8 Å². The number of alkyl halides is 1. The van der Waals surface area contributed by atoms with E-state index in [1.54, 1.807) is 12.1 Å². The summed E-state index contributed by atoms with van der Waals surface area (Å²) in [6.45, 7) is 5.71. The zero-order chi connectivity index (χ0) is 15.6. The van der Waals surface area contributed by atoms with Gasteiger partial charge in [-0.1, -0.05) is 22.9 Å². The number of aryl methyl sites for hydroxylation is 1. The summed E-state index contributed by atoms with van der Waals surface area (Å²) in [6.07, 6.45) is 1.25.